The van der Waals surface area contributed by atoms with Crippen LogP contribution in [0.1, 0.15) is 63.3 Å². The van der Waals surface area contributed by atoms with Gasteiger partial charge in [0.05, 0.1) is 11.6 Å². The molecule has 2 fully saturated rings. The molecule has 2 aliphatic heterocycles. The maximum Gasteiger partial charge on any atom is 1.00 e. The fourth-order valence-electron chi connectivity index (χ4n) is 6.15. The van der Waals surface area contributed by atoms with Gasteiger partial charge in [0.25, 0.3) is 5.91 Å². The zero-order valence-electron chi connectivity index (χ0n) is 26.9. The number of benzene rings is 3. The van der Waals surface area contributed by atoms with Crippen molar-refractivity contribution in [3.63, 3.8) is 0 Å². The molecule has 47 heavy (non-hydrogen) atoms. The van der Waals surface area contributed by atoms with Crippen LogP contribution in [0.5, 0.6) is 0 Å². The summed E-state index contributed by atoms with van der Waals surface area (Å²) in [5.74, 6) is 0.814. The van der Waals surface area contributed by atoms with E-state index in [1.165, 1.54) is 11.1 Å². The van der Waals surface area contributed by atoms with Crippen LogP contribution in [0.15, 0.2) is 83.3 Å². The van der Waals surface area contributed by atoms with E-state index in [1.54, 1.807) is 12.1 Å². The molecule has 2 saturated heterocycles. The van der Waals surface area contributed by atoms with Crippen molar-refractivity contribution in [2.45, 2.75) is 44.7 Å². The van der Waals surface area contributed by atoms with Gasteiger partial charge in [0.1, 0.15) is 5.58 Å². The Bertz CT molecular complexity index is 1670. The number of hydrogen-bond donors (Lipinski definition) is 1. The molecule has 236 valence electrons. The Hall–Kier alpha value is -3.36. The molecule has 1 N–H and O–H groups in total. The predicted octanol–water partition coefficient (Wildman–Crippen LogP) is 3.21. The molecule has 4 aromatic rings. The van der Waals surface area contributed by atoms with Gasteiger partial charge in [-0.3, -0.25) is 27.1 Å². The quantitative estimate of drug-likeness (QED) is 0.179. The maximum absolute atomic E-state index is 13.0. The Morgan fingerprint density at radius 1 is 0.979 bits per heavy atom. The summed E-state index contributed by atoms with van der Waals surface area (Å²) < 4.78 is 5.93. The first kappa shape index (κ1) is 36.5. The van der Waals surface area contributed by atoms with Crippen LogP contribution >= 0.6 is 0 Å². The average molecular weight is 652 g/mol. The van der Waals surface area contributed by atoms with Crippen molar-refractivity contribution in [3.8, 4) is 6.07 Å². The van der Waals surface area contributed by atoms with Crippen LogP contribution in [-0.4, -0.2) is 60.0 Å². The van der Waals surface area contributed by atoms with E-state index >= 15 is 0 Å². The van der Waals surface area contributed by atoms with Crippen molar-refractivity contribution in [1.82, 2.24) is 15.1 Å². The topological polar surface area (TPSA) is 112 Å². The van der Waals surface area contributed by atoms with Gasteiger partial charge < -0.3 is 26.3 Å². The molecule has 2 aliphatic rings. The van der Waals surface area contributed by atoms with E-state index in [0.717, 1.165) is 93.7 Å². The second kappa shape index (κ2) is 18.3. The summed E-state index contributed by atoms with van der Waals surface area (Å²) in [6.45, 7) is 8.81. The number of fused-ring (bicyclic) bond motifs is 1. The molecular formula is C38H38KN5O3-2. The van der Waals surface area contributed by atoms with Crippen molar-refractivity contribution in [2.24, 2.45) is 5.92 Å². The Balaban J connectivity index is 0.000000947. The molecule has 0 bridgehead atoms. The number of carbonyl (C=O) groups excluding carboxylic acids is 2. The third-order valence-electron chi connectivity index (χ3n) is 8.69. The summed E-state index contributed by atoms with van der Waals surface area (Å²) >= 11 is 0. The van der Waals surface area contributed by atoms with E-state index in [-0.39, 0.29) is 69.2 Å². The molecule has 3 aromatic carbocycles. The van der Waals surface area contributed by atoms with Gasteiger partial charge in [-0.1, -0.05) is 23.8 Å². The molecule has 0 radical (unpaired) electrons. The van der Waals surface area contributed by atoms with Crippen LogP contribution in [0, 0.1) is 29.9 Å². The zero-order valence-corrected chi connectivity index (χ0v) is 30.0. The molecule has 2 amide bonds. The number of nitrogens with zero attached hydrogens (tertiary/aromatic N) is 4. The summed E-state index contributed by atoms with van der Waals surface area (Å²) in [6.07, 6.45) is 6.52. The molecular weight excluding hydrogens is 614 g/mol. The van der Waals surface area contributed by atoms with Crippen LogP contribution in [0.25, 0.3) is 16.4 Å². The third kappa shape index (κ3) is 10.3. The molecule has 0 unspecified atom stereocenters. The number of furan rings is 1. The fraction of sp³-hybridized carbons (Fsp3) is 0.316. The average Bonchev–Trinajstić information content (AvgIpc) is 3.54. The molecule has 8 nitrogen and oxygen atoms in total. The summed E-state index contributed by atoms with van der Waals surface area (Å²) in [5, 5.41) is 20.7. The van der Waals surface area contributed by atoms with Gasteiger partial charge in [-0.2, -0.15) is 35.6 Å². The van der Waals surface area contributed by atoms with E-state index in [9.17, 15) is 9.59 Å². The first-order chi connectivity index (χ1) is 22.4. The summed E-state index contributed by atoms with van der Waals surface area (Å²) in [7, 11) is 0. The smallest absolute Gasteiger partial charge is 0.911 e. The number of hydrogen-bond acceptors (Lipinski definition) is 5. The summed E-state index contributed by atoms with van der Waals surface area (Å²) in [4.78, 5) is 30.1. The molecule has 6 rings (SSSR count). The van der Waals surface area contributed by atoms with E-state index in [4.69, 9.17) is 15.1 Å². The molecule has 1 aromatic heterocycles. The normalized spacial score (nSPS) is 15.4. The Morgan fingerprint density at radius 3 is 2.28 bits per heavy atom. The predicted molar refractivity (Wildman–Crippen MR) is 179 cm³/mol. The number of amides is 2. The molecule has 0 spiro atoms. The monoisotopic (exact) mass is 651 g/mol. The van der Waals surface area contributed by atoms with Gasteiger partial charge in [-0.25, -0.2) is 0 Å². The van der Waals surface area contributed by atoms with Crippen LogP contribution < -0.4 is 56.7 Å². The van der Waals surface area contributed by atoms with Gasteiger partial charge >= 0.3 is 51.4 Å². The van der Waals surface area contributed by atoms with Crippen LogP contribution in [0.2, 0.25) is 0 Å². The van der Waals surface area contributed by atoms with Gasteiger partial charge in [0, 0.05) is 44.2 Å². The molecule has 0 saturated carbocycles. The number of rotatable bonds is 8. The first-order valence-corrected chi connectivity index (χ1v) is 15.8. The standard InChI is InChI=1S/C35H35N4O3.C3H3N.K/c36-23-26-6-8-27(9-7-26)24-38-16-14-31(15-17-38)37-34(40)33-22-30-21-28(10-11-32(30)42-33)20-25-12-18-39(19-13-25)35(41)29-4-2-1-3-5-29;1-2-3-4;/h2-11,21-22,25,31H,12-20,24H2,(H,37,40);1-3H;/q-1;-2;+1. The van der Waals surface area contributed by atoms with E-state index < -0.39 is 0 Å². The van der Waals surface area contributed by atoms with E-state index in [1.807, 2.05) is 53.4 Å². The first-order valence-electron chi connectivity index (χ1n) is 15.8. The number of nitrogens with one attached hydrogen (secondary N) is 1. The maximum atomic E-state index is 13.0. The number of allylic oxidation sites excluding steroid dienone is 1. The number of likely N-dealkylation sites (tertiary alicyclic amines) is 2. The Morgan fingerprint density at radius 2 is 1.64 bits per heavy atom. The van der Waals surface area contributed by atoms with Crippen molar-refractivity contribution in [3.05, 3.63) is 125 Å². The largest absolute Gasteiger partial charge is 1.00 e. The molecule has 0 atom stereocenters. The van der Waals surface area contributed by atoms with Gasteiger partial charge in [0.2, 0.25) is 5.91 Å². The van der Waals surface area contributed by atoms with Crippen LogP contribution in [0.3, 0.4) is 0 Å². The van der Waals surface area contributed by atoms with Crippen molar-refractivity contribution in [1.29, 1.82) is 5.26 Å². The Kier molecular flexibility index (Phi) is 14.2. The molecule has 0 aliphatic carbocycles. The Labute approximate surface area is 319 Å². The van der Waals surface area contributed by atoms with Gasteiger partial charge in [0.15, 0.2) is 5.76 Å². The second-order valence-electron chi connectivity index (χ2n) is 11.9. The minimum atomic E-state index is -0.161. The summed E-state index contributed by atoms with van der Waals surface area (Å²) in [6, 6.07) is 28.3. The van der Waals surface area contributed by atoms with Crippen LogP contribution in [0.4, 0.5) is 0 Å². The SMILES string of the molecule is N#Cc1ccc(CN2CCC(NC(=O)c3cc4cc(CC5CCN(C(=O)c6cc[c-]cc6)CC5)ccc4o3)CC2)cc1.[CH-]=CC=[N-].[K+]. The minimum absolute atomic E-state index is 0. The second-order valence-corrected chi connectivity index (χ2v) is 11.9. The zero-order chi connectivity index (χ0) is 32.3. The number of nitriles is 1. The number of piperidine rings is 2. The summed E-state index contributed by atoms with van der Waals surface area (Å²) in [5.41, 5.74) is 4.55. The van der Waals surface area contributed by atoms with E-state index in [0.29, 0.717) is 17.2 Å². The number of carbonyl (C=O) groups is 2. The molecule has 9 heteroatoms. The van der Waals surface area contributed by atoms with Crippen molar-refractivity contribution >= 4 is 29.0 Å². The van der Waals surface area contributed by atoms with E-state index in [2.05, 4.69) is 41.1 Å². The fourth-order valence-corrected chi connectivity index (χ4v) is 6.15. The van der Waals surface area contributed by atoms with Gasteiger partial charge in [-0.15, -0.1) is 0 Å². The van der Waals surface area contributed by atoms with Gasteiger partial charge in [-0.05, 0) is 79.5 Å². The van der Waals surface area contributed by atoms with Crippen LogP contribution in [-0.2, 0) is 13.0 Å². The minimum Gasteiger partial charge on any atom is -0.911 e. The third-order valence-corrected chi connectivity index (χ3v) is 8.69. The van der Waals surface area contributed by atoms with Crippen molar-refractivity contribution < 1.29 is 65.4 Å². The molecule has 3 heterocycles. The van der Waals surface area contributed by atoms with Crippen molar-refractivity contribution in [2.75, 3.05) is 26.2 Å².